The van der Waals surface area contributed by atoms with Crippen LogP contribution in [0, 0.1) is 18.3 Å². The normalized spacial score (nSPS) is 14.9. The second kappa shape index (κ2) is 6.80. The summed E-state index contributed by atoms with van der Waals surface area (Å²) in [6.07, 6.45) is 1.63. The van der Waals surface area contributed by atoms with Gasteiger partial charge in [-0.3, -0.25) is 0 Å². The summed E-state index contributed by atoms with van der Waals surface area (Å²) in [7, 11) is 0. The fourth-order valence-corrected chi connectivity index (χ4v) is 2.30. The Bertz CT molecular complexity index is 891. The molecule has 0 fully saturated rings. The molecule has 0 amide bonds. The first-order valence-electron chi connectivity index (χ1n) is 7.36. The highest BCUT2D eigenvalue weighted by atomic mass is 16.6. The van der Waals surface area contributed by atoms with Gasteiger partial charge in [-0.15, -0.1) is 0 Å². The van der Waals surface area contributed by atoms with E-state index in [-0.39, 0.29) is 12.3 Å². The van der Waals surface area contributed by atoms with Crippen LogP contribution < -0.4 is 4.74 Å². The molecule has 0 bridgehead atoms. The highest BCUT2D eigenvalue weighted by molar-refractivity contribution is 6.13. The Hall–Kier alpha value is -3.39. The fraction of sp³-hybridized carbons (Fsp3) is 0.105. The van der Waals surface area contributed by atoms with Gasteiger partial charge in [0.2, 0.25) is 5.90 Å². The predicted molar refractivity (Wildman–Crippen MR) is 89.3 cm³/mol. The number of cyclic esters (lactones) is 1. The Morgan fingerprint density at radius 2 is 2.08 bits per heavy atom. The largest absolute Gasteiger partial charge is 0.479 e. The van der Waals surface area contributed by atoms with Crippen LogP contribution in [-0.2, 0) is 9.53 Å². The summed E-state index contributed by atoms with van der Waals surface area (Å²) in [5.41, 5.74) is 2.75. The van der Waals surface area contributed by atoms with Gasteiger partial charge in [0.15, 0.2) is 12.3 Å². The average Bonchev–Trinajstić information content (AvgIpc) is 2.94. The van der Waals surface area contributed by atoms with Gasteiger partial charge in [-0.2, -0.15) is 5.26 Å². The van der Waals surface area contributed by atoms with Gasteiger partial charge in [-0.05, 0) is 42.3 Å². The third-order valence-corrected chi connectivity index (χ3v) is 3.46. The van der Waals surface area contributed by atoms with E-state index < -0.39 is 5.97 Å². The zero-order valence-corrected chi connectivity index (χ0v) is 13.0. The van der Waals surface area contributed by atoms with E-state index in [1.807, 2.05) is 43.3 Å². The highest BCUT2D eigenvalue weighted by Gasteiger charge is 2.24. The molecule has 0 spiro atoms. The van der Waals surface area contributed by atoms with Crippen molar-refractivity contribution in [3.05, 3.63) is 70.9 Å². The van der Waals surface area contributed by atoms with Crippen LogP contribution in [0.3, 0.4) is 0 Å². The molecule has 0 saturated heterocycles. The maximum Gasteiger partial charge on any atom is 0.363 e. The number of benzene rings is 2. The Labute approximate surface area is 139 Å². The zero-order chi connectivity index (χ0) is 16.9. The van der Waals surface area contributed by atoms with Crippen molar-refractivity contribution in [2.45, 2.75) is 6.92 Å². The van der Waals surface area contributed by atoms with E-state index in [0.29, 0.717) is 11.6 Å². The van der Waals surface area contributed by atoms with Crippen molar-refractivity contribution < 1.29 is 14.3 Å². The number of aryl methyl sites for hydroxylation is 1. The van der Waals surface area contributed by atoms with Crippen molar-refractivity contribution in [1.82, 2.24) is 0 Å². The number of hydrogen-bond acceptors (Lipinski definition) is 5. The quantitative estimate of drug-likeness (QED) is 0.641. The van der Waals surface area contributed by atoms with E-state index in [9.17, 15) is 4.79 Å². The van der Waals surface area contributed by atoms with Gasteiger partial charge in [-0.1, -0.05) is 30.3 Å². The van der Waals surface area contributed by atoms with E-state index in [1.54, 1.807) is 24.3 Å². The van der Waals surface area contributed by atoms with Crippen LogP contribution in [0.25, 0.3) is 6.08 Å². The minimum absolute atomic E-state index is 0.0301. The van der Waals surface area contributed by atoms with Gasteiger partial charge >= 0.3 is 5.97 Å². The SMILES string of the molecule is Cc1ccccc1C1=NC(=Cc2cccc(OCC#N)c2)C(=O)O1. The third-order valence-electron chi connectivity index (χ3n) is 3.46. The topological polar surface area (TPSA) is 71.7 Å². The van der Waals surface area contributed by atoms with Crippen LogP contribution in [0.4, 0.5) is 0 Å². The van der Waals surface area contributed by atoms with Crippen LogP contribution in [-0.4, -0.2) is 18.5 Å². The minimum Gasteiger partial charge on any atom is -0.479 e. The summed E-state index contributed by atoms with van der Waals surface area (Å²) < 4.78 is 10.5. The van der Waals surface area contributed by atoms with Crippen molar-refractivity contribution in [1.29, 1.82) is 5.26 Å². The van der Waals surface area contributed by atoms with Crippen LogP contribution in [0.15, 0.2) is 59.2 Å². The molecule has 1 heterocycles. The number of aliphatic imine (C=N–C) groups is 1. The Kier molecular flexibility index (Phi) is 4.39. The van der Waals surface area contributed by atoms with Gasteiger partial charge in [0.05, 0.1) is 0 Å². The molecule has 1 aliphatic heterocycles. The molecule has 0 aromatic heterocycles. The molecule has 118 valence electrons. The molecule has 2 aromatic rings. The second-order valence-corrected chi connectivity index (χ2v) is 5.17. The van der Waals surface area contributed by atoms with Crippen molar-refractivity contribution in [3.63, 3.8) is 0 Å². The number of ether oxygens (including phenoxy) is 2. The molecule has 0 aliphatic carbocycles. The van der Waals surface area contributed by atoms with Crippen molar-refractivity contribution in [3.8, 4) is 11.8 Å². The monoisotopic (exact) mass is 318 g/mol. The summed E-state index contributed by atoms with van der Waals surface area (Å²) in [4.78, 5) is 16.4. The molecule has 2 aromatic carbocycles. The van der Waals surface area contributed by atoms with E-state index in [0.717, 1.165) is 16.7 Å². The van der Waals surface area contributed by atoms with E-state index in [1.165, 1.54) is 0 Å². The first-order valence-corrected chi connectivity index (χ1v) is 7.36. The maximum atomic E-state index is 12.1. The summed E-state index contributed by atoms with van der Waals surface area (Å²) in [6, 6.07) is 16.6. The lowest BCUT2D eigenvalue weighted by molar-refractivity contribution is -0.129. The van der Waals surface area contributed by atoms with Gasteiger partial charge in [0.25, 0.3) is 0 Å². The molecule has 0 N–H and O–H groups in total. The third kappa shape index (κ3) is 3.33. The Morgan fingerprint density at radius 3 is 2.88 bits per heavy atom. The van der Waals surface area contributed by atoms with Crippen LogP contribution in [0.2, 0.25) is 0 Å². The molecule has 0 radical (unpaired) electrons. The van der Waals surface area contributed by atoms with Crippen LogP contribution in [0.5, 0.6) is 5.75 Å². The van der Waals surface area contributed by atoms with Gasteiger partial charge in [0, 0.05) is 5.56 Å². The number of nitrogens with zero attached hydrogens (tertiary/aromatic N) is 2. The standard InChI is InChI=1S/C19H14N2O3/c1-13-5-2-3-8-16(13)18-21-17(19(22)24-18)12-14-6-4-7-15(11-14)23-10-9-20/h2-8,11-12H,10H2,1H3. The fourth-order valence-electron chi connectivity index (χ4n) is 2.30. The van der Waals surface area contributed by atoms with Gasteiger partial charge in [0.1, 0.15) is 11.8 Å². The number of nitriles is 1. The van der Waals surface area contributed by atoms with E-state index in [2.05, 4.69) is 4.99 Å². The lowest BCUT2D eigenvalue weighted by atomic mass is 10.1. The van der Waals surface area contributed by atoms with E-state index >= 15 is 0 Å². The lowest BCUT2D eigenvalue weighted by Crippen LogP contribution is -2.06. The number of esters is 1. The Morgan fingerprint density at radius 1 is 1.25 bits per heavy atom. The number of hydrogen-bond donors (Lipinski definition) is 0. The van der Waals surface area contributed by atoms with Crippen LogP contribution in [0.1, 0.15) is 16.7 Å². The smallest absolute Gasteiger partial charge is 0.363 e. The molecular formula is C19H14N2O3. The summed E-state index contributed by atoms with van der Waals surface area (Å²) in [6.45, 7) is 1.90. The van der Waals surface area contributed by atoms with E-state index in [4.69, 9.17) is 14.7 Å². The van der Waals surface area contributed by atoms with Crippen LogP contribution >= 0.6 is 0 Å². The predicted octanol–water partition coefficient (Wildman–Crippen LogP) is 3.24. The number of carbonyl (C=O) groups excluding carboxylic acids is 1. The molecule has 0 unspecified atom stereocenters. The molecule has 3 rings (SSSR count). The summed E-state index contributed by atoms with van der Waals surface area (Å²) >= 11 is 0. The van der Waals surface area contributed by atoms with Gasteiger partial charge in [-0.25, -0.2) is 9.79 Å². The molecule has 5 heteroatoms. The molecule has 24 heavy (non-hydrogen) atoms. The molecule has 0 saturated carbocycles. The zero-order valence-electron chi connectivity index (χ0n) is 13.0. The molecule has 1 aliphatic rings. The first kappa shape index (κ1) is 15.5. The molecular weight excluding hydrogens is 304 g/mol. The maximum absolute atomic E-state index is 12.1. The summed E-state index contributed by atoms with van der Waals surface area (Å²) in [5, 5.41) is 8.56. The lowest BCUT2D eigenvalue weighted by Gasteiger charge is -2.02. The summed E-state index contributed by atoms with van der Waals surface area (Å²) in [5.74, 6) is 0.373. The Balaban J connectivity index is 1.89. The van der Waals surface area contributed by atoms with Crippen molar-refractivity contribution in [2.75, 3.05) is 6.61 Å². The second-order valence-electron chi connectivity index (χ2n) is 5.17. The average molecular weight is 318 g/mol. The van der Waals surface area contributed by atoms with Crippen molar-refractivity contribution >= 4 is 17.9 Å². The minimum atomic E-state index is -0.489. The number of carbonyl (C=O) groups is 1. The van der Waals surface area contributed by atoms with Gasteiger partial charge < -0.3 is 9.47 Å². The highest BCUT2D eigenvalue weighted by Crippen LogP contribution is 2.22. The molecule has 0 atom stereocenters. The van der Waals surface area contributed by atoms with Crippen molar-refractivity contribution in [2.24, 2.45) is 4.99 Å². The first-order chi connectivity index (χ1) is 11.7. The molecule has 5 nitrogen and oxygen atoms in total. The number of rotatable bonds is 4.